The number of aromatic nitrogens is 2. The van der Waals surface area contributed by atoms with Crippen molar-refractivity contribution in [1.82, 2.24) is 9.97 Å². The van der Waals surface area contributed by atoms with Crippen LogP contribution in [-0.2, 0) is 6.54 Å². The van der Waals surface area contributed by atoms with E-state index in [1.807, 2.05) is 12.1 Å². The van der Waals surface area contributed by atoms with Crippen molar-refractivity contribution in [3.63, 3.8) is 0 Å². The number of hydrogen-bond acceptors (Lipinski definition) is 2. The molecule has 17 heavy (non-hydrogen) atoms. The Morgan fingerprint density at radius 3 is 2.41 bits per heavy atom. The molecule has 3 nitrogen and oxygen atoms in total. The third-order valence-electron chi connectivity index (χ3n) is 2.75. The molecule has 0 aliphatic carbocycles. The van der Waals surface area contributed by atoms with E-state index in [0.29, 0.717) is 23.4 Å². The molecule has 1 aromatic carbocycles. The zero-order valence-corrected chi connectivity index (χ0v) is 10.8. The molecule has 0 spiro atoms. The molecule has 2 rings (SSSR count). The van der Waals surface area contributed by atoms with Gasteiger partial charge in [0.1, 0.15) is 16.7 Å². The van der Waals surface area contributed by atoms with Crippen LogP contribution < -0.4 is 5.73 Å². The summed E-state index contributed by atoms with van der Waals surface area (Å²) in [5.41, 5.74) is 8.60. The molecule has 0 unspecified atom stereocenters. The SMILES string of the molecule is CC(C)c1ccc(-c2nc(CN)[nH]c2Cl)cc1. The van der Waals surface area contributed by atoms with Crippen LogP contribution in [-0.4, -0.2) is 9.97 Å². The van der Waals surface area contributed by atoms with Crippen LogP contribution in [0.5, 0.6) is 0 Å². The lowest BCUT2D eigenvalue weighted by atomic mass is 10.0. The van der Waals surface area contributed by atoms with Gasteiger partial charge in [-0.1, -0.05) is 49.7 Å². The van der Waals surface area contributed by atoms with Crippen molar-refractivity contribution in [2.24, 2.45) is 5.73 Å². The topological polar surface area (TPSA) is 54.7 Å². The van der Waals surface area contributed by atoms with E-state index in [2.05, 4.69) is 35.9 Å². The first kappa shape index (κ1) is 12.1. The summed E-state index contributed by atoms with van der Waals surface area (Å²) >= 11 is 6.09. The Morgan fingerprint density at radius 2 is 1.94 bits per heavy atom. The highest BCUT2D eigenvalue weighted by Crippen LogP contribution is 2.26. The number of hydrogen-bond donors (Lipinski definition) is 2. The summed E-state index contributed by atoms with van der Waals surface area (Å²) in [5.74, 6) is 1.23. The molecule has 90 valence electrons. The quantitative estimate of drug-likeness (QED) is 0.877. The molecular weight excluding hydrogens is 234 g/mol. The predicted molar refractivity (Wildman–Crippen MR) is 71.0 cm³/mol. The summed E-state index contributed by atoms with van der Waals surface area (Å²) in [6.45, 7) is 4.70. The van der Waals surface area contributed by atoms with Crippen molar-refractivity contribution in [2.45, 2.75) is 26.3 Å². The number of halogens is 1. The smallest absolute Gasteiger partial charge is 0.134 e. The van der Waals surface area contributed by atoms with Crippen molar-refractivity contribution in [1.29, 1.82) is 0 Å². The zero-order valence-electron chi connectivity index (χ0n) is 10.00. The maximum absolute atomic E-state index is 6.09. The van der Waals surface area contributed by atoms with E-state index in [1.54, 1.807) is 0 Å². The fourth-order valence-corrected chi connectivity index (χ4v) is 1.97. The van der Waals surface area contributed by atoms with Crippen LogP contribution in [0.4, 0.5) is 0 Å². The molecular formula is C13H16ClN3. The number of H-pyrrole nitrogens is 1. The van der Waals surface area contributed by atoms with Gasteiger partial charge in [-0.3, -0.25) is 0 Å². The lowest BCUT2D eigenvalue weighted by Crippen LogP contribution is -1.97. The van der Waals surface area contributed by atoms with E-state index in [1.165, 1.54) is 5.56 Å². The van der Waals surface area contributed by atoms with E-state index >= 15 is 0 Å². The Balaban J connectivity index is 2.36. The number of nitrogens with two attached hydrogens (primary N) is 1. The molecule has 0 saturated carbocycles. The second-order valence-corrected chi connectivity index (χ2v) is 4.70. The Labute approximate surface area is 106 Å². The Morgan fingerprint density at radius 1 is 1.29 bits per heavy atom. The lowest BCUT2D eigenvalue weighted by Gasteiger charge is -2.05. The van der Waals surface area contributed by atoms with Crippen LogP contribution in [0.1, 0.15) is 31.2 Å². The van der Waals surface area contributed by atoms with Crippen molar-refractivity contribution in [3.05, 3.63) is 40.8 Å². The lowest BCUT2D eigenvalue weighted by molar-refractivity contribution is 0.867. The monoisotopic (exact) mass is 249 g/mol. The minimum atomic E-state index is 0.365. The molecule has 4 heteroatoms. The summed E-state index contributed by atoms with van der Waals surface area (Å²) in [4.78, 5) is 7.32. The molecule has 0 atom stereocenters. The highest BCUT2D eigenvalue weighted by molar-refractivity contribution is 6.31. The molecule has 0 saturated heterocycles. The number of rotatable bonds is 3. The van der Waals surface area contributed by atoms with Gasteiger partial charge < -0.3 is 10.7 Å². The summed E-state index contributed by atoms with van der Waals surface area (Å²) in [6, 6.07) is 8.29. The number of nitrogens with zero attached hydrogens (tertiary/aromatic N) is 1. The summed E-state index contributed by atoms with van der Waals surface area (Å²) in [6.07, 6.45) is 0. The largest absolute Gasteiger partial charge is 0.331 e. The average molecular weight is 250 g/mol. The van der Waals surface area contributed by atoms with Crippen LogP contribution in [0.2, 0.25) is 5.15 Å². The van der Waals surface area contributed by atoms with Gasteiger partial charge >= 0.3 is 0 Å². The van der Waals surface area contributed by atoms with E-state index in [-0.39, 0.29) is 0 Å². The Bertz CT molecular complexity index is 500. The van der Waals surface area contributed by atoms with E-state index in [0.717, 1.165) is 11.3 Å². The van der Waals surface area contributed by atoms with Crippen LogP contribution >= 0.6 is 11.6 Å². The van der Waals surface area contributed by atoms with Gasteiger partial charge in [0.25, 0.3) is 0 Å². The first-order chi connectivity index (χ1) is 8.11. The van der Waals surface area contributed by atoms with Gasteiger partial charge in [-0.05, 0) is 11.5 Å². The van der Waals surface area contributed by atoms with Crippen LogP contribution in [0.15, 0.2) is 24.3 Å². The normalized spacial score (nSPS) is 11.1. The molecule has 3 N–H and O–H groups in total. The van der Waals surface area contributed by atoms with Crippen molar-refractivity contribution in [3.8, 4) is 11.3 Å². The fraction of sp³-hybridized carbons (Fsp3) is 0.308. The van der Waals surface area contributed by atoms with E-state index < -0.39 is 0 Å². The van der Waals surface area contributed by atoms with Gasteiger partial charge in [0, 0.05) is 5.56 Å². The standard InChI is InChI=1S/C13H16ClN3/c1-8(2)9-3-5-10(6-4-9)12-13(14)17-11(7-15)16-12/h3-6,8H,7,15H2,1-2H3,(H,16,17). The third-order valence-corrected chi connectivity index (χ3v) is 3.03. The first-order valence-electron chi connectivity index (χ1n) is 5.66. The molecule has 0 aliphatic heterocycles. The molecule has 1 heterocycles. The summed E-state index contributed by atoms with van der Waals surface area (Å²) < 4.78 is 0. The molecule has 0 bridgehead atoms. The minimum absolute atomic E-state index is 0.365. The number of benzene rings is 1. The average Bonchev–Trinajstić information content (AvgIpc) is 2.71. The van der Waals surface area contributed by atoms with Crippen LogP contribution in [0.25, 0.3) is 11.3 Å². The highest BCUT2D eigenvalue weighted by atomic mass is 35.5. The number of imidazole rings is 1. The molecule has 0 fully saturated rings. The van der Waals surface area contributed by atoms with Crippen molar-refractivity contribution >= 4 is 11.6 Å². The van der Waals surface area contributed by atoms with E-state index in [9.17, 15) is 0 Å². The van der Waals surface area contributed by atoms with Gasteiger partial charge in [0.2, 0.25) is 0 Å². The van der Waals surface area contributed by atoms with Gasteiger partial charge in [-0.2, -0.15) is 0 Å². The van der Waals surface area contributed by atoms with Gasteiger partial charge in [0.15, 0.2) is 0 Å². The van der Waals surface area contributed by atoms with Gasteiger partial charge in [-0.15, -0.1) is 0 Å². The Hall–Kier alpha value is -1.32. The molecule has 0 radical (unpaired) electrons. The predicted octanol–water partition coefficient (Wildman–Crippen LogP) is 3.31. The van der Waals surface area contributed by atoms with Gasteiger partial charge in [-0.25, -0.2) is 4.98 Å². The van der Waals surface area contributed by atoms with Gasteiger partial charge in [0.05, 0.1) is 6.54 Å². The summed E-state index contributed by atoms with van der Waals surface area (Å²) in [5, 5.41) is 0.544. The maximum Gasteiger partial charge on any atom is 0.134 e. The maximum atomic E-state index is 6.09. The number of aromatic amines is 1. The zero-order chi connectivity index (χ0) is 12.4. The molecule has 2 aromatic rings. The van der Waals surface area contributed by atoms with Crippen LogP contribution in [0, 0.1) is 0 Å². The van der Waals surface area contributed by atoms with Crippen molar-refractivity contribution in [2.75, 3.05) is 0 Å². The van der Waals surface area contributed by atoms with E-state index in [4.69, 9.17) is 17.3 Å². The summed E-state index contributed by atoms with van der Waals surface area (Å²) in [7, 11) is 0. The Kier molecular flexibility index (Phi) is 3.50. The first-order valence-corrected chi connectivity index (χ1v) is 6.04. The number of nitrogens with one attached hydrogen (secondary N) is 1. The third kappa shape index (κ3) is 2.51. The second kappa shape index (κ2) is 4.90. The van der Waals surface area contributed by atoms with Crippen LogP contribution in [0.3, 0.4) is 0 Å². The fourth-order valence-electron chi connectivity index (χ4n) is 1.71. The highest BCUT2D eigenvalue weighted by Gasteiger charge is 2.10. The second-order valence-electron chi connectivity index (χ2n) is 4.33. The molecule has 0 aliphatic rings. The minimum Gasteiger partial charge on any atom is -0.331 e. The molecule has 0 amide bonds. The van der Waals surface area contributed by atoms with Crippen molar-refractivity contribution < 1.29 is 0 Å². The molecule has 1 aromatic heterocycles.